The molecule has 3 rings (SSSR count). The third-order valence-electron chi connectivity index (χ3n) is 4.05. The predicted octanol–water partition coefficient (Wildman–Crippen LogP) is 3.85. The Bertz CT molecular complexity index is 1040. The van der Waals surface area contributed by atoms with E-state index in [1.807, 2.05) is 11.5 Å². The molecule has 8 nitrogen and oxygen atoms in total. The lowest BCUT2D eigenvalue weighted by molar-refractivity contribution is -0.119. The van der Waals surface area contributed by atoms with Crippen LogP contribution in [0.1, 0.15) is 23.1 Å². The van der Waals surface area contributed by atoms with Crippen LogP contribution in [-0.4, -0.2) is 32.3 Å². The van der Waals surface area contributed by atoms with E-state index >= 15 is 0 Å². The van der Waals surface area contributed by atoms with E-state index in [4.69, 9.17) is 16.3 Å². The van der Waals surface area contributed by atoms with Gasteiger partial charge in [0.15, 0.2) is 11.0 Å². The maximum absolute atomic E-state index is 12.1. The van der Waals surface area contributed by atoms with E-state index < -0.39 is 5.91 Å². The molecule has 2 amide bonds. The first kappa shape index (κ1) is 23.1. The van der Waals surface area contributed by atoms with Crippen molar-refractivity contribution in [3.63, 3.8) is 0 Å². The molecule has 0 aliphatic heterocycles. The first-order valence-electron chi connectivity index (χ1n) is 9.24. The Balaban J connectivity index is 1.49. The molecule has 0 saturated heterocycles. The topological polar surface area (TPSA) is 98.1 Å². The molecule has 0 aliphatic rings. The number of thioether (sulfide) groups is 1. The highest BCUT2D eigenvalue weighted by atomic mass is 79.9. The largest absolute Gasteiger partial charge is 0.486 e. The van der Waals surface area contributed by atoms with Gasteiger partial charge in [0, 0.05) is 21.6 Å². The molecule has 1 heterocycles. The molecule has 0 radical (unpaired) electrons. The van der Waals surface area contributed by atoms with Crippen LogP contribution >= 0.6 is 39.3 Å². The van der Waals surface area contributed by atoms with Gasteiger partial charge in [-0.3, -0.25) is 20.4 Å². The molecule has 11 heteroatoms. The number of aromatic nitrogens is 3. The van der Waals surface area contributed by atoms with E-state index in [-0.39, 0.29) is 18.3 Å². The van der Waals surface area contributed by atoms with Crippen molar-refractivity contribution in [2.24, 2.45) is 0 Å². The van der Waals surface area contributed by atoms with Crippen molar-refractivity contribution in [3.8, 4) is 5.75 Å². The smallest absolute Gasteiger partial charge is 0.269 e. The maximum Gasteiger partial charge on any atom is 0.269 e. The summed E-state index contributed by atoms with van der Waals surface area (Å²) in [6, 6.07) is 13.8. The summed E-state index contributed by atoms with van der Waals surface area (Å²) < 4.78 is 8.45. The second kappa shape index (κ2) is 11.2. The highest BCUT2D eigenvalue weighted by molar-refractivity contribution is 9.10. The van der Waals surface area contributed by atoms with Crippen molar-refractivity contribution in [2.45, 2.75) is 25.2 Å². The second-order valence-electron chi connectivity index (χ2n) is 6.18. The maximum atomic E-state index is 12.1. The highest BCUT2D eigenvalue weighted by Gasteiger charge is 2.14. The van der Waals surface area contributed by atoms with Crippen LogP contribution in [0.25, 0.3) is 0 Å². The van der Waals surface area contributed by atoms with E-state index in [0.717, 1.165) is 4.47 Å². The van der Waals surface area contributed by atoms with Gasteiger partial charge in [0.2, 0.25) is 5.91 Å². The fourth-order valence-electron chi connectivity index (χ4n) is 2.49. The van der Waals surface area contributed by atoms with Gasteiger partial charge < -0.3 is 9.30 Å². The zero-order valence-electron chi connectivity index (χ0n) is 16.5. The Kier molecular flexibility index (Phi) is 8.33. The van der Waals surface area contributed by atoms with Gasteiger partial charge in [-0.2, -0.15) is 0 Å². The van der Waals surface area contributed by atoms with Gasteiger partial charge in [0.1, 0.15) is 12.4 Å². The summed E-state index contributed by atoms with van der Waals surface area (Å²) in [6.07, 6.45) is 0. The van der Waals surface area contributed by atoms with Gasteiger partial charge in [0.05, 0.1) is 5.75 Å². The van der Waals surface area contributed by atoms with E-state index in [1.165, 1.54) is 11.8 Å². The molecule has 2 N–H and O–H groups in total. The van der Waals surface area contributed by atoms with Gasteiger partial charge in [0.25, 0.3) is 5.91 Å². The number of halogens is 2. The fourth-order valence-corrected chi connectivity index (χ4v) is 3.71. The molecule has 0 saturated carbocycles. The zero-order chi connectivity index (χ0) is 22.2. The molecular formula is C20H19BrClN5O3S. The van der Waals surface area contributed by atoms with Crippen molar-refractivity contribution < 1.29 is 14.3 Å². The van der Waals surface area contributed by atoms with Crippen molar-refractivity contribution in [1.82, 2.24) is 25.6 Å². The van der Waals surface area contributed by atoms with Gasteiger partial charge in [-0.25, -0.2) is 0 Å². The third kappa shape index (κ3) is 6.71. The average Bonchev–Trinajstić information content (AvgIpc) is 3.18. The van der Waals surface area contributed by atoms with Crippen molar-refractivity contribution in [1.29, 1.82) is 0 Å². The van der Waals surface area contributed by atoms with Gasteiger partial charge >= 0.3 is 0 Å². The number of amides is 2. The predicted molar refractivity (Wildman–Crippen MR) is 122 cm³/mol. The Morgan fingerprint density at radius 3 is 2.48 bits per heavy atom. The summed E-state index contributed by atoms with van der Waals surface area (Å²) in [6.45, 7) is 2.81. The molecule has 0 aliphatic carbocycles. The number of rotatable bonds is 8. The summed E-state index contributed by atoms with van der Waals surface area (Å²) in [5, 5.41) is 9.52. The molecular weight excluding hydrogens is 506 g/mol. The SMILES string of the molecule is CCn1c(COc2ccc(Cl)cc2)nnc1SCC(=O)NNC(=O)c1ccc(Br)cc1. The number of carbonyl (C=O) groups is 2. The molecule has 0 unspecified atom stereocenters. The number of hydrogen-bond donors (Lipinski definition) is 2. The van der Waals surface area contributed by atoms with Gasteiger partial charge in [-0.15, -0.1) is 10.2 Å². The number of hydrazine groups is 1. The molecule has 0 spiro atoms. The lowest BCUT2D eigenvalue weighted by atomic mass is 10.2. The van der Waals surface area contributed by atoms with Crippen molar-refractivity contribution in [3.05, 3.63) is 69.4 Å². The van der Waals surface area contributed by atoms with Crippen LogP contribution < -0.4 is 15.6 Å². The van der Waals surface area contributed by atoms with Crippen LogP contribution in [0.15, 0.2) is 58.2 Å². The molecule has 3 aromatic rings. The fraction of sp³-hybridized carbons (Fsp3) is 0.200. The normalized spacial score (nSPS) is 10.5. The number of ether oxygens (including phenoxy) is 1. The Morgan fingerprint density at radius 2 is 1.81 bits per heavy atom. The second-order valence-corrected chi connectivity index (χ2v) is 8.48. The summed E-state index contributed by atoms with van der Waals surface area (Å²) >= 11 is 10.4. The van der Waals surface area contributed by atoms with Crippen LogP contribution in [0.2, 0.25) is 5.02 Å². The molecule has 2 aromatic carbocycles. The van der Waals surface area contributed by atoms with E-state index in [2.05, 4.69) is 37.0 Å². The number of nitrogens with one attached hydrogen (secondary N) is 2. The van der Waals surface area contributed by atoms with Crippen molar-refractivity contribution >= 4 is 51.1 Å². The Hall–Kier alpha value is -2.56. The zero-order valence-corrected chi connectivity index (χ0v) is 19.6. The molecule has 0 bridgehead atoms. The van der Waals surface area contributed by atoms with E-state index in [1.54, 1.807) is 48.5 Å². The lowest BCUT2D eigenvalue weighted by Crippen LogP contribution is -2.42. The quantitative estimate of drug-likeness (QED) is 0.343. The van der Waals surface area contributed by atoms with Crippen LogP contribution in [0.5, 0.6) is 5.75 Å². The Morgan fingerprint density at radius 1 is 1.10 bits per heavy atom. The molecule has 162 valence electrons. The number of carbonyl (C=O) groups excluding carboxylic acids is 2. The summed E-state index contributed by atoms with van der Waals surface area (Å²) in [7, 11) is 0. The summed E-state index contributed by atoms with van der Waals surface area (Å²) in [5.41, 5.74) is 5.23. The van der Waals surface area contributed by atoms with Crippen LogP contribution in [-0.2, 0) is 17.9 Å². The van der Waals surface area contributed by atoms with Crippen LogP contribution in [0.4, 0.5) is 0 Å². The molecule has 0 fully saturated rings. The lowest BCUT2D eigenvalue weighted by Gasteiger charge is -2.09. The summed E-state index contributed by atoms with van der Waals surface area (Å²) in [5.74, 6) is 0.620. The third-order valence-corrected chi connectivity index (χ3v) is 5.79. The van der Waals surface area contributed by atoms with E-state index in [9.17, 15) is 9.59 Å². The first-order valence-corrected chi connectivity index (χ1v) is 11.4. The van der Waals surface area contributed by atoms with Gasteiger partial charge in [-0.05, 0) is 55.5 Å². The van der Waals surface area contributed by atoms with Crippen molar-refractivity contribution in [2.75, 3.05) is 5.75 Å². The summed E-state index contributed by atoms with van der Waals surface area (Å²) in [4.78, 5) is 24.2. The minimum absolute atomic E-state index is 0.0663. The standard InChI is InChI=1S/C20H19BrClN5O3S/c1-2-27-17(11-30-16-9-7-15(22)8-10-16)23-26-20(27)31-12-18(28)24-25-19(29)13-3-5-14(21)6-4-13/h3-10H,2,11-12H2,1H3,(H,24,28)(H,25,29). The monoisotopic (exact) mass is 523 g/mol. The molecule has 0 atom stereocenters. The Labute approximate surface area is 196 Å². The van der Waals surface area contributed by atoms with Gasteiger partial charge in [-0.1, -0.05) is 39.3 Å². The highest BCUT2D eigenvalue weighted by Crippen LogP contribution is 2.20. The minimum atomic E-state index is -0.399. The molecule has 31 heavy (non-hydrogen) atoms. The van der Waals surface area contributed by atoms with Crippen LogP contribution in [0.3, 0.4) is 0 Å². The van der Waals surface area contributed by atoms with E-state index in [0.29, 0.717) is 33.9 Å². The van der Waals surface area contributed by atoms with Crippen LogP contribution in [0, 0.1) is 0 Å². The number of nitrogens with zero attached hydrogens (tertiary/aromatic N) is 3. The number of hydrogen-bond acceptors (Lipinski definition) is 6. The molecule has 1 aromatic heterocycles. The minimum Gasteiger partial charge on any atom is -0.486 e. The number of benzene rings is 2. The first-order chi connectivity index (χ1) is 15.0. The average molecular weight is 525 g/mol.